The number of esters is 1. The fraction of sp³-hybridized carbons (Fsp3) is 0.520. The first-order valence-corrected chi connectivity index (χ1v) is 23.4. The minimum absolute atomic E-state index is 0.0528. The molecular weight excluding hydrogens is 898 g/mol. The van der Waals surface area contributed by atoms with Crippen LogP contribution in [0.15, 0.2) is 54.7 Å². The van der Waals surface area contributed by atoms with Crippen LogP contribution in [0.2, 0.25) is 0 Å². The number of cyclic esters (lactones) is 1. The smallest absolute Gasteiger partial charge is 0.405 e. The number of aromatic hydroxyl groups is 1. The van der Waals surface area contributed by atoms with Crippen molar-refractivity contribution in [2.45, 2.75) is 116 Å². The molecule has 4 amide bonds. The lowest BCUT2D eigenvalue weighted by atomic mass is 9.84. The highest BCUT2D eigenvalue weighted by molar-refractivity contribution is 5.96. The van der Waals surface area contributed by atoms with E-state index < -0.39 is 83.9 Å². The Morgan fingerprint density at radius 2 is 1.81 bits per heavy atom. The Balaban J connectivity index is 1.27. The Morgan fingerprint density at radius 3 is 2.48 bits per heavy atom. The molecule has 2 saturated heterocycles. The number of nitrogens with one attached hydrogen (secondary N) is 3. The van der Waals surface area contributed by atoms with Gasteiger partial charge in [-0.1, -0.05) is 39.8 Å². The molecule has 0 aliphatic carbocycles. The maximum atomic E-state index is 14.7. The summed E-state index contributed by atoms with van der Waals surface area (Å²) in [6.45, 7) is 11.8. The molecule has 3 aliphatic rings. The van der Waals surface area contributed by atoms with Crippen molar-refractivity contribution in [1.29, 1.82) is 0 Å². The van der Waals surface area contributed by atoms with Gasteiger partial charge in [-0.3, -0.25) is 39.3 Å². The molecule has 0 spiro atoms. The molecule has 6 bridgehead atoms. The zero-order valence-electron chi connectivity index (χ0n) is 40.6. The van der Waals surface area contributed by atoms with Gasteiger partial charge in [-0.25, -0.2) is 5.43 Å². The number of hydrazine groups is 1. The van der Waals surface area contributed by atoms with Crippen LogP contribution in [0.1, 0.15) is 77.3 Å². The maximum absolute atomic E-state index is 14.7. The van der Waals surface area contributed by atoms with E-state index in [1.807, 2.05) is 51.1 Å². The SMILES string of the molecule is CCn1c(-c2cccnc2[C@H](C)OC)c2c3cc(ccc31)-c1cc(O)cc(c1)C[C@H](NC(=O)C(C(C)C)N(C)C(=O)CN(C)C(=O)[C@H]1N[C@H]1C(F)(F)F)C(=O)N1CCC[C@H](N1)C(=O)OCC(C)(C)C2. The highest BCUT2D eigenvalue weighted by atomic mass is 19.4. The summed E-state index contributed by atoms with van der Waals surface area (Å²) in [5.41, 5.74) is 8.99. The number of aryl methyl sites for hydroxylation is 1. The van der Waals surface area contributed by atoms with E-state index in [1.54, 1.807) is 33.2 Å². The molecule has 19 heteroatoms. The zero-order valence-corrected chi connectivity index (χ0v) is 40.6. The van der Waals surface area contributed by atoms with E-state index in [1.165, 1.54) is 25.2 Å². The number of benzene rings is 2. The molecule has 2 aromatic carbocycles. The van der Waals surface area contributed by atoms with Crippen LogP contribution >= 0.6 is 0 Å². The number of fused-ring (bicyclic) bond motifs is 6. The number of rotatable bonds is 11. The summed E-state index contributed by atoms with van der Waals surface area (Å²) in [7, 11) is 4.21. The highest BCUT2D eigenvalue weighted by Crippen LogP contribution is 2.42. The number of carbonyl (C=O) groups is 5. The van der Waals surface area contributed by atoms with Gasteiger partial charge in [0.05, 0.1) is 30.6 Å². The van der Waals surface area contributed by atoms with Crippen molar-refractivity contribution in [3.63, 3.8) is 0 Å². The predicted molar refractivity (Wildman–Crippen MR) is 251 cm³/mol. The van der Waals surface area contributed by atoms with Crippen LogP contribution in [-0.2, 0) is 52.8 Å². The molecule has 372 valence electrons. The first-order chi connectivity index (χ1) is 32.5. The lowest BCUT2D eigenvalue weighted by Crippen LogP contribution is -2.62. The number of ether oxygens (including phenoxy) is 2. The van der Waals surface area contributed by atoms with Gasteiger partial charge in [-0.2, -0.15) is 13.2 Å². The Labute approximate surface area is 399 Å². The molecule has 1 unspecified atom stereocenters. The van der Waals surface area contributed by atoms with Crippen molar-refractivity contribution in [1.82, 2.24) is 40.4 Å². The van der Waals surface area contributed by atoms with Crippen molar-refractivity contribution >= 4 is 40.5 Å². The third-order valence-electron chi connectivity index (χ3n) is 13.3. The first-order valence-electron chi connectivity index (χ1n) is 23.4. The molecule has 2 aromatic heterocycles. The lowest BCUT2D eigenvalue weighted by Gasteiger charge is -2.37. The number of amides is 4. The molecule has 0 saturated carbocycles. The van der Waals surface area contributed by atoms with Crippen LogP contribution < -0.4 is 16.1 Å². The number of nitrogens with zero attached hydrogens (tertiary/aromatic N) is 5. The van der Waals surface area contributed by atoms with Crippen LogP contribution in [-0.4, -0.2) is 136 Å². The number of carbonyl (C=O) groups excluding carboxylic acids is 5. The summed E-state index contributed by atoms with van der Waals surface area (Å²) in [5.74, 6) is -4.09. The Bertz CT molecular complexity index is 2620. The molecule has 2 fully saturated rings. The monoisotopic (exact) mass is 960 g/mol. The van der Waals surface area contributed by atoms with Gasteiger partial charge >= 0.3 is 12.1 Å². The molecule has 69 heavy (non-hydrogen) atoms. The Hall–Kier alpha value is -6.05. The lowest BCUT2D eigenvalue weighted by molar-refractivity contribution is -0.155. The number of likely N-dealkylation sites (N-methyl/N-ethyl adjacent to an activating group) is 2. The van der Waals surface area contributed by atoms with Crippen LogP contribution in [0.3, 0.4) is 0 Å². The summed E-state index contributed by atoms with van der Waals surface area (Å²) in [6, 6.07) is 8.13. The van der Waals surface area contributed by atoms with Gasteiger partial charge in [0.15, 0.2) is 0 Å². The number of alkyl halides is 3. The number of halogens is 3. The normalized spacial score (nSPS) is 21.6. The fourth-order valence-corrected chi connectivity index (χ4v) is 9.67. The van der Waals surface area contributed by atoms with Gasteiger partial charge in [0.1, 0.15) is 36.0 Å². The highest BCUT2D eigenvalue weighted by Gasteiger charge is 2.59. The quantitative estimate of drug-likeness (QED) is 0.113. The van der Waals surface area contributed by atoms with Gasteiger partial charge in [0.25, 0.3) is 5.91 Å². The van der Waals surface area contributed by atoms with E-state index in [0.717, 1.165) is 48.8 Å². The number of phenols is 1. The third kappa shape index (κ3) is 10.9. The topological polar surface area (TPSA) is 198 Å². The largest absolute Gasteiger partial charge is 0.508 e. The molecule has 0 radical (unpaired) electrons. The van der Waals surface area contributed by atoms with Gasteiger partial charge in [-0.15, -0.1) is 0 Å². The summed E-state index contributed by atoms with van der Waals surface area (Å²) in [5, 5.41) is 18.5. The summed E-state index contributed by atoms with van der Waals surface area (Å²) < 4.78 is 53.7. The Morgan fingerprint density at radius 1 is 1.07 bits per heavy atom. The summed E-state index contributed by atoms with van der Waals surface area (Å²) in [4.78, 5) is 76.2. The van der Waals surface area contributed by atoms with E-state index in [0.29, 0.717) is 36.9 Å². The average Bonchev–Trinajstić information content (AvgIpc) is 4.07. The van der Waals surface area contributed by atoms with Crippen molar-refractivity contribution < 1.29 is 51.7 Å². The van der Waals surface area contributed by atoms with Crippen molar-refractivity contribution in [2.24, 2.45) is 11.3 Å². The average molecular weight is 961 g/mol. The first kappa shape index (κ1) is 50.8. The molecule has 4 N–H and O–H groups in total. The van der Waals surface area contributed by atoms with Crippen molar-refractivity contribution in [3.8, 4) is 28.1 Å². The van der Waals surface area contributed by atoms with E-state index in [4.69, 9.17) is 14.5 Å². The van der Waals surface area contributed by atoms with Gasteiger partial charge in [0.2, 0.25) is 17.7 Å². The molecule has 7 rings (SSSR count). The van der Waals surface area contributed by atoms with Crippen LogP contribution in [0.5, 0.6) is 5.75 Å². The van der Waals surface area contributed by atoms with Gasteiger partial charge in [0, 0.05) is 68.8 Å². The number of methoxy groups -OCH3 is 1. The Kier molecular flexibility index (Phi) is 14.8. The van der Waals surface area contributed by atoms with E-state index in [9.17, 15) is 42.3 Å². The van der Waals surface area contributed by atoms with Crippen LogP contribution in [0.4, 0.5) is 13.2 Å². The van der Waals surface area contributed by atoms with Gasteiger partial charge < -0.3 is 34.3 Å². The maximum Gasteiger partial charge on any atom is 0.405 e. The number of aromatic nitrogens is 2. The van der Waals surface area contributed by atoms with Crippen LogP contribution in [0, 0.1) is 11.3 Å². The third-order valence-corrected chi connectivity index (χ3v) is 13.3. The minimum atomic E-state index is -4.63. The van der Waals surface area contributed by atoms with Gasteiger partial charge in [-0.05, 0) is 97.7 Å². The van der Waals surface area contributed by atoms with Crippen LogP contribution in [0.25, 0.3) is 33.3 Å². The molecule has 3 aliphatic heterocycles. The second-order valence-corrected chi connectivity index (χ2v) is 19.6. The molecule has 16 nitrogen and oxygen atoms in total. The molecule has 6 atom stereocenters. The molecule has 4 aromatic rings. The fourth-order valence-electron chi connectivity index (χ4n) is 9.67. The van der Waals surface area contributed by atoms with E-state index in [-0.39, 0.29) is 31.4 Å². The van der Waals surface area contributed by atoms with E-state index in [2.05, 4.69) is 33.6 Å². The zero-order chi connectivity index (χ0) is 50.3. The van der Waals surface area contributed by atoms with Crippen molar-refractivity contribution in [3.05, 3.63) is 71.5 Å². The minimum Gasteiger partial charge on any atom is -0.508 e. The number of hydrogen-bond donors (Lipinski definition) is 4. The molecular formula is C50H63F3N8O8. The number of hydrogen-bond acceptors (Lipinski definition) is 11. The van der Waals surface area contributed by atoms with E-state index >= 15 is 0 Å². The van der Waals surface area contributed by atoms with Crippen molar-refractivity contribution in [2.75, 3.05) is 40.9 Å². The number of phenolic OH excluding ortho intramolecular Hbond substituents is 1. The second-order valence-electron chi connectivity index (χ2n) is 19.6. The molecule has 5 heterocycles. The summed E-state index contributed by atoms with van der Waals surface area (Å²) >= 11 is 0. The second kappa shape index (κ2) is 20.1. The predicted octanol–water partition coefficient (Wildman–Crippen LogP) is 5.30. The standard InChI is InChI=1S/C50H63F3N8O8/c1-10-60-38-16-15-30-23-34(38)35(43(60)33-13-11-17-54-40(33)28(4)68-9)24-49(5,6)26-69-48(67)36-14-12-18-61(57-36)46(65)37(21-29-19-31(30)22-32(62)20-29)55-45(64)42(27(2)3)59(8)39(63)25-58(7)47(66)41-44(56-41)50(51,52)53/h11,13,15-17,19-20,22-23,27-28,36-37,41-42,44,56-57,62H,10,12,14,18,21,24-26H2,1-9H3,(H,55,64)/t28-,36-,37-,41-,42?,44+/m0/s1. The summed E-state index contributed by atoms with van der Waals surface area (Å²) in [6.07, 6.45) is -2.01. The number of pyridine rings is 1.